The molecule has 0 aliphatic rings. The molecule has 1 atom stereocenters. The van der Waals surface area contributed by atoms with Crippen molar-refractivity contribution in [2.45, 2.75) is 19.4 Å². The predicted molar refractivity (Wildman–Crippen MR) is 82.4 cm³/mol. The number of aryl methyl sites for hydroxylation is 1. The normalized spacial score (nSPS) is 12.2. The smallest absolute Gasteiger partial charge is 0.0393 e. The van der Waals surface area contributed by atoms with Gasteiger partial charge in [0.1, 0.15) is 0 Å². The van der Waals surface area contributed by atoms with Crippen LogP contribution in [0.15, 0.2) is 54.6 Å². The summed E-state index contributed by atoms with van der Waals surface area (Å²) < 4.78 is 0. The molecule has 2 aromatic rings. The quantitative estimate of drug-likeness (QED) is 0.884. The van der Waals surface area contributed by atoms with E-state index in [4.69, 9.17) is 5.73 Å². The SMILES string of the molecule is Cc1ccccc1N(C)CCC(N)c1ccccc1. The lowest BCUT2D eigenvalue weighted by molar-refractivity contribution is 0.645. The second-order valence-electron chi connectivity index (χ2n) is 5.01. The maximum Gasteiger partial charge on any atom is 0.0393 e. The van der Waals surface area contributed by atoms with Gasteiger partial charge in [0.2, 0.25) is 0 Å². The molecule has 0 aromatic heterocycles. The Balaban J connectivity index is 1.94. The second-order valence-corrected chi connectivity index (χ2v) is 5.01. The summed E-state index contributed by atoms with van der Waals surface area (Å²) in [6.45, 7) is 3.10. The molecule has 0 saturated heterocycles. The van der Waals surface area contributed by atoms with Crippen molar-refractivity contribution in [3.63, 3.8) is 0 Å². The van der Waals surface area contributed by atoms with Crippen LogP contribution in [0.5, 0.6) is 0 Å². The molecule has 100 valence electrons. The van der Waals surface area contributed by atoms with Crippen molar-refractivity contribution in [1.82, 2.24) is 0 Å². The minimum Gasteiger partial charge on any atom is -0.374 e. The number of nitrogens with two attached hydrogens (primary N) is 1. The molecule has 0 saturated carbocycles. The van der Waals surface area contributed by atoms with Gasteiger partial charge in [-0.2, -0.15) is 0 Å². The summed E-state index contributed by atoms with van der Waals surface area (Å²) in [5.41, 5.74) is 10.0. The number of para-hydroxylation sites is 1. The fraction of sp³-hybridized carbons (Fsp3) is 0.294. The van der Waals surface area contributed by atoms with E-state index in [1.807, 2.05) is 18.2 Å². The Morgan fingerprint density at radius 1 is 1.00 bits per heavy atom. The van der Waals surface area contributed by atoms with Crippen LogP contribution in [-0.2, 0) is 0 Å². The van der Waals surface area contributed by atoms with Gasteiger partial charge in [-0.1, -0.05) is 48.5 Å². The van der Waals surface area contributed by atoms with Crippen LogP contribution in [0.4, 0.5) is 5.69 Å². The zero-order chi connectivity index (χ0) is 13.7. The van der Waals surface area contributed by atoms with Crippen molar-refractivity contribution in [2.24, 2.45) is 5.73 Å². The molecular formula is C17H22N2. The molecule has 19 heavy (non-hydrogen) atoms. The van der Waals surface area contributed by atoms with Crippen molar-refractivity contribution < 1.29 is 0 Å². The molecular weight excluding hydrogens is 232 g/mol. The average Bonchev–Trinajstić information content (AvgIpc) is 2.46. The van der Waals surface area contributed by atoms with Gasteiger partial charge in [0.15, 0.2) is 0 Å². The summed E-state index contributed by atoms with van der Waals surface area (Å²) in [6, 6.07) is 18.9. The first-order chi connectivity index (χ1) is 9.18. The number of benzene rings is 2. The standard InChI is InChI=1S/C17H22N2/c1-14-8-6-7-11-17(14)19(2)13-12-16(18)15-9-4-3-5-10-15/h3-11,16H,12-13,18H2,1-2H3. The third-order valence-electron chi connectivity index (χ3n) is 3.53. The third kappa shape index (κ3) is 3.58. The molecule has 2 heteroatoms. The van der Waals surface area contributed by atoms with Crippen LogP contribution in [0, 0.1) is 6.92 Å². The molecule has 2 aromatic carbocycles. The van der Waals surface area contributed by atoms with Crippen LogP contribution in [0.2, 0.25) is 0 Å². The molecule has 0 radical (unpaired) electrons. The van der Waals surface area contributed by atoms with E-state index in [9.17, 15) is 0 Å². The van der Waals surface area contributed by atoms with Gasteiger partial charge in [0.25, 0.3) is 0 Å². The van der Waals surface area contributed by atoms with Crippen LogP contribution in [-0.4, -0.2) is 13.6 Å². The highest BCUT2D eigenvalue weighted by Crippen LogP contribution is 2.20. The van der Waals surface area contributed by atoms with Crippen molar-refractivity contribution in [1.29, 1.82) is 0 Å². The molecule has 0 aliphatic heterocycles. The Hall–Kier alpha value is -1.80. The first kappa shape index (κ1) is 13.6. The summed E-state index contributed by atoms with van der Waals surface area (Å²) in [7, 11) is 2.13. The van der Waals surface area contributed by atoms with E-state index >= 15 is 0 Å². The number of anilines is 1. The number of hydrogen-bond acceptors (Lipinski definition) is 2. The number of nitrogens with zero attached hydrogens (tertiary/aromatic N) is 1. The fourth-order valence-electron chi connectivity index (χ4n) is 2.31. The van der Waals surface area contributed by atoms with E-state index in [2.05, 4.69) is 55.3 Å². The largest absolute Gasteiger partial charge is 0.374 e. The minimum absolute atomic E-state index is 0.104. The topological polar surface area (TPSA) is 29.3 Å². The third-order valence-corrected chi connectivity index (χ3v) is 3.53. The van der Waals surface area contributed by atoms with Gasteiger partial charge in [-0.05, 0) is 30.5 Å². The molecule has 0 amide bonds. The van der Waals surface area contributed by atoms with Gasteiger partial charge in [-0.25, -0.2) is 0 Å². The summed E-state index contributed by atoms with van der Waals surface area (Å²) in [5, 5.41) is 0. The lowest BCUT2D eigenvalue weighted by Crippen LogP contribution is -2.23. The second kappa shape index (κ2) is 6.39. The van der Waals surface area contributed by atoms with E-state index in [0.717, 1.165) is 13.0 Å². The summed E-state index contributed by atoms with van der Waals surface area (Å²) >= 11 is 0. The van der Waals surface area contributed by atoms with Crippen molar-refractivity contribution in [2.75, 3.05) is 18.5 Å². The number of rotatable bonds is 5. The Bertz CT molecular complexity index is 508. The van der Waals surface area contributed by atoms with Crippen LogP contribution in [0.1, 0.15) is 23.6 Å². The van der Waals surface area contributed by atoms with Crippen LogP contribution >= 0.6 is 0 Å². The Kier molecular flexibility index (Phi) is 4.58. The zero-order valence-electron chi connectivity index (χ0n) is 11.7. The van der Waals surface area contributed by atoms with Gasteiger partial charge >= 0.3 is 0 Å². The monoisotopic (exact) mass is 254 g/mol. The van der Waals surface area contributed by atoms with E-state index in [1.165, 1.54) is 16.8 Å². The maximum absolute atomic E-state index is 6.23. The zero-order valence-corrected chi connectivity index (χ0v) is 11.7. The molecule has 0 bridgehead atoms. The van der Waals surface area contributed by atoms with Crippen molar-refractivity contribution >= 4 is 5.69 Å². The van der Waals surface area contributed by atoms with Gasteiger partial charge < -0.3 is 10.6 Å². The molecule has 0 aliphatic carbocycles. The number of hydrogen-bond donors (Lipinski definition) is 1. The van der Waals surface area contributed by atoms with Gasteiger partial charge in [-0.3, -0.25) is 0 Å². The van der Waals surface area contributed by atoms with Gasteiger partial charge in [0.05, 0.1) is 0 Å². The molecule has 2 N–H and O–H groups in total. The van der Waals surface area contributed by atoms with Crippen molar-refractivity contribution in [3.8, 4) is 0 Å². The van der Waals surface area contributed by atoms with E-state index in [1.54, 1.807) is 0 Å². The fourth-order valence-corrected chi connectivity index (χ4v) is 2.31. The van der Waals surface area contributed by atoms with Crippen LogP contribution < -0.4 is 10.6 Å². The Morgan fingerprint density at radius 2 is 1.63 bits per heavy atom. The van der Waals surface area contributed by atoms with Crippen LogP contribution in [0.3, 0.4) is 0 Å². The van der Waals surface area contributed by atoms with E-state index < -0.39 is 0 Å². The lowest BCUT2D eigenvalue weighted by Gasteiger charge is -2.23. The van der Waals surface area contributed by atoms with E-state index in [0.29, 0.717) is 0 Å². The van der Waals surface area contributed by atoms with Crippen LogP contribution in [0.25, 0.3) is 0 Å². The van der Waals surface area contributed by atoms with Gasteiger partial charge in [-0.15, -0.1) is 0 Å². The summed E-state index contributed by atoms with van der Waals surface area (Å²) in [4.78, 5) is 2.28. The molecule has 0 fully saturated rings. The lowest BCUT2D eigenvalue weighted by atomic mass is 10.0. The summed E-state index contributed by atoms with van der Waals surface area (Å²) in [5.74, 6) is 0. The Labute approximate surface area is 115 Å². The minimum atomic E-state index is 0.104. The first-order valence-electron chi connectivity index (χ1n) is 6.76. The highest BCUT2D eigenvalue weighted by atomic mass is 15.1. The predicted octanol–water partition coefficient (Wildman–Crippen LogP) is 3.52. The van der Waals surface area contributed by atoms with Gasteiger partial charge in [0, 0.05) is 25.3 Å². The first-order valence-corrected chi connectivity index (χ1v) is 6.76. The molecule has 0 spiro atoms. The molecule has 0 heterocycles. The Morgan fingerprint density at radius 3 is 2.32 bits per heavy atom. The average molecular weight is 254 g/mol. The summed E-state index contributed by atoms with van der Waals surface area (Å²) in [6.07, 6.45) is 0.953. The molecule has 1 unspecified atom stereocenters. The van der Waals surface area contributed by atoms with E-state index in [-0.39, 0.29) is 6.04 Å². The molecule has 2 nitrogen and oxygen atoms in total. The highest BCUT2D eigenvalue weighted by molar-refractivity contribution is 5.52. The highest BCUT2D eigenvalue weighted by Gasteiger charge is 2.08. The molecule has 2 rings (SSSR count). The maximum atomic E-state index is 6.23. The van der Waals surface area contributed by atoms with Crippen molar-refractivity contribution in [3.05, 3.63) is 65.7 Å².